The van der Waals surface area contributed by atoms with E-state index in [1.807, 2.05) is 0 Å². The van der Waals surface area contributed by atoms with Crippen molar-refractivity contribution in [2.75, 3.05) is 39.5 Å². The molecule has 0 spiro atoms. The largest absolute Gasteiger partial charge is 0.498 e. The second-order valence-electron chi connectivity index (χ2n) is 10.1. The first-order chi connectivity index (χ1) is 16.3. The summed E-state index contributed by atoms with van der Waals surface area (Å²) in [6.07, 6.45) is 25.3. The summed E-state index contributed by atoms with van der Waals surface area (Å²) >= 11 is 0. The van der Waals surface area contributed by atoms with Gasteiger partial charge >= 0.3 is 0 Å². The number of unbranched alkanes of at least 4 members (excludes halogenated alkanes) is 14. The van der Waals surface area contributed by atoms with E-state index in [9.17, 15) is 5.11 Å². The van der Waals surface area contributed by atoms with Crippen molar-refractivity contribution in [2.45, 2.75) is 135 Å². The maximum Gasteiger partial charge on any atom is 0.0951 e. The third-order valence-corrected chi connectivity index (χ3v) is 6.85. The van der Waals surface area contributed by atoms with E-state index in [0.29, 0.717) is 6.61 Å². The molecular weight excluding hydrogens is 410 g/mol. The lowest BCUT2D eigenvalue weighted by Crippen LogP contribution is -2.29. The molecule has 2 N–H and O–H groups in total. The summed E-state index contributed by atoms with van der Waals surface area (Å²) in [6, 6.07) is 0. The van der Waals surface area contributed by atoms with Crippen LogP contribution in [-0.4, -0.2) is 54.6 Å². The number of rotatable bonds is 26. The zero-order valence-corrected chi connectivity index (χ0v) is 22.1. The van der Waals surface area contributed by atoms with Crippen molar-refractivity contribution in [2.24, 2.45) is 0 Å². The first-order valence-corrected chi connectivity index (χ1v) is 14.6. The van der Waals surface area contributed by atoms with Gasteiger partial charge in [-0.25, -0.2) is 0 Å². The highest BCUT2D eigenvalue weighted by Gasteiger charge is 2.18. The second-order valence-corrected chi connectivity index (χ2v) is 10.1. The summed E-state index contributed by atoms with van der Waals surface area (Å²) in [7, 11) is 0. The molecule has 0 bridgehead atoms. The summed E-state index contributed by atoms with van der Waals surface area (Å²) in [5.41, 5.74) is 1.58. The van der Waals surface area contributed by atoms with E-state index in [1.54, 1.807) is 5.57 Å². The molecule has 0 aliphatic heterocycles. The maximum absolute atomic E-state index is 9.35. The second kappa shape index (κ2) is 23.2. The van der Waals surface area contributed by atoms with Crippen molar-refractivity contribution in [3.63, 3.8) is 0 Å². The van der Waals surface area contributed by atoms with E-state index in [-0.39, 0.29) is 6.61 Å². The molecule has 1 aliphatic carbocycles. The van der Waals surface area contributed by atoms with Crippen LogP contribution in [0.4, 0.5) is 0 Å². The Morgan fingerprint density at radius 1 is 0.636 bits per heavy atom. The van der Waals surface area contributed by atoms with Gasteiger partial charge in [0.1, 0.15) is 0 Å². The Morgan fingerprint density at radius 2 is 1.18 bits per heavy atom. The van der Waals surface area contributed by atoms with Crippen LogP contribution < -0.4 is 0 Å². The predicted octanol–water partition coefficient (Wildman–Crippen LogP) is 7.38. The Kier molecular flexibility index (Phi) is 21.4. The van der Waals surface area contributed by atoms with Crippen LogP contribution in [0, 0.1) is 0 Å². The minimum Gasteiger partial charge on any atom is -0.498 e. The number of nitrogens with zero attached hydrogens (tertiary/aromatic N) is 1. The zero-order chi connectivity index (χ0) is 23.8. The number of aliphatic hydroxyl groups is 2. The van der Waals surface area contributed by atoms with Gasteiger partial charge < -0.3 is 19.8 Å². The van der Waals surface area contributed by atoms with E-state index in [0.717, 1.165) is 45.5 Å². The van der Waals surface area contributed by atoms with Gasteiger partial charge in [-0.15, -0.1) is 0 Å². The first-order valence-electron chi connectivity index (χ1n) is 14.6. The number of hydrogen-bond donors (Lipinski definition) is 2. The molecule has 0 unspecified atom stereocenters. The first kappa shape index (κ1) is 30.5. The average Bonchev–Trinajstić information content (AvgIpc) is 3.66. The van der Waals surface area contributed by atoms with Crippen LogP contribution in [0.1, 0.15) is 135 Å². The molecule has 33 heavy (non-hydrogen) atoms. The highest BCUT2D eigenvalue weighted by atomic mass is 16.5. The van der Waals surface area contributed by atoms with Crippen molar-refractivity contribution in [3.8, 4) is 0 Å². The summed E-state index contributed by atoms with van der Waals surface area (Å²) < 4.78 is 6.21. The number of ether oxygens (including phenoxy) is 1. The lowest BCUT2D eigenvalue weighted by atomic mass is 10.1. The molecule has 0 aromatic rings. The van der Waals surface area contributed by atoms with Gasteiger partial charge in [0.25, 0.3) is 0 Å². The molecule has 0 aromatic carbocycles. The Labute approximate surface area is 206 Å². The van der Waals surface area contributed by atoms with Crippen LogP contribution in [0.5, 0.6) is 0 Å². The van der Waals surface area contributed by atoms with Crippen LogP contribution in [0.3, 0.4) is 0 Å². The number of allylic oxidation sites excluding steroid dienone is 2. The quantitative estimate of drug-likeness (QED) is 0.103. The van der Waals surface area contributed by atoms with Gasteiger partial charge in [-0.1, -0.05) is 84.0 Å². The van der Waals surface area contributed by atoms with E-state index in [2.05, 4.69) is 11.8 Å². The molecule has 1 saturated carbocycles. The molecule has 0 heterocycles. The molecule has 196 valence electrons. The molecule has 1 rings (SSSR count). The number of hydrogen-bond acceptors (Lipinski definition) is 4. The van der Waals surface area contributed by atoms with Crippen molar-refractivity contribution < 1.29 is 14.9 Å². The van der Waals surface area contributed by atoms with Gasteiger partial charge in [-0.05, 0) is 63.6 Å². The normalized spacial score (nSPS) is 13.2. The summed E-state index contributed by atoms with van der Waals surface area (Å²) in [4.78, 5) is 2.42. The van der Waals surface area contributed by atoms with Crippen LogP contribution in [0.25, 0.3) is 0 Å². The molecule has 0 aromatic heterocycles. The molecule has 0 atom stereocenters. The minimum absolute atomic E-state index is 0.257. The summed E-state index contributed by atoms with van der Waals surface area (Å²) in [6.45, 7) is 6.77. The molecule has 0 amide bonds. The van der Waals surface area contributed by atoms with Crippen molar-refractivity contribution >= 4 is 0 Å². The van der Waals surface area contributed by atoms with E-state index in [1.165, 1.54) is 115 Å². The minimum atomic E-state index is 0.257. The van der Waals surface area contributed by atoms with Gasteiger partial charge in [-0.3, -0.25) is 0 Å². The van der Waals surface area contributed by atoms with Gasteiger partial charge in [0, 0.05) is 19.6 Å². The Morgan fingerprint density at radius 3 is 1.76 bits per heavy atom. The fraction of sp³-hybridized carbons (Fsp3) is 0.931. The zero-order valence-electron chi connectivity index (χ0n) is 22.1. The van der Waals surface area contributed by atoms with Gasteiger partial charge in [-0.2, -0.15) is 0 Å². The summed E-state index contributed by atoms with van der Waals surface area (Å²) in [5, 5.41) is 18.2. The SMILES string of the molecule is CCCCCCCCCCCOC(CCCCCN(CCO)CCCCCCCO)=C1CC1. The molecule has 4 heteroatoms. The molecule has 0 saturated heterocycles. The van der Waals surface area contributed by atoms with Crippen molar-refractivity contribution in [1.29, 1.82) is 0 Å². The van der Waals surface area contributed by atoms with E-state index >= 15 is 0 Å². The lowest BCUT2D eigenvalue weighted by molar-refractivity contribution is 0.185. The fourth-order valence-corrected chi connectivity index (χ4v) is 4.55. The Balaban J connectivity index is 2.02. The van der Waals surface area contributed by atoms with E-state index in [4.69, 9.17) is 9.84 Å². The highest BCUT2D eigenvalue weighted by Crippen LogP contribution is 2.34. The molecule has 0 radical (unpaired) electrons. The Bertz CT molecular complexity index is 446. The third-order valence-electron chi connectivity index (χ3n) is 6.85. The van der Waals surface area contributed by atoms with Crippen molar-refractivity contribution in [1.82, 2.24) is 4.90 Å². The third kappa shape index (κ3) is 19.4. The average molecular weight is 468 g/mol. The van der Waals surface area contributed by atoms with Gasteiger partial charge in [0.2, 0.25) is 0 Å². The van der Waals surface area contributed by atoms with Crippen LogP contribution in [0.15, 0.2) is 11.3 Å². The lowest BCUT2D eigenvalue weighted by Gasteiger charge is -2.21. The van der Waals surface area contributed by atoms with Crippen LogP contribution in [0.2, 0.25) is 0 Å². The smallest absolute Gasteiger partial charge is 0.0951 e. The van der Waals surface area contributed by atoms with Crippen LogP contribution >= 0.6 is 0 Å². The fourth-order valence-electron chi connectivity index (χ4n) is 4.55. The highest BCUT2D eigenvalue weighted by molar-refractivity contribution is 5.21. The topological polar surface area (TPSA) is 52.9 Å². The molecule has 1 fully saturated rings. The summed E-state index contributed by atoms with van der Waals surface area (Å²) in [5.74, 6) is 1.32. The van der Waals surface area contributed by atoms with E-state index < -0.39 is 0 Å². The van der Waals surface area contributed by atoms with Gasteiger partial charge in [0.05, 0.1) is 19.0 Å². The molecular formula is C29H57NO3. The Hall–Kier alpha value is -0.580. The predicted molar refractivity (Wildman–Crippen MR) is 142 cm³/mol. The number of aliphatic hydroxyl groups excluding tert-OH is 2. The van der Waals surface area contributed by atoms with Crippen molar-refractivity contribution in [3.05, 3.63) is 11.3 Å². The monoisotopic (exact) mass is 467 g/mol. The maximum atomic E-state index is 9.35. The van der Waals surface area contributed by atoms with Crippen LogP contribution in [-0.2, 0) is 4.74 Å². The van der Waals surface area contributed by atoms with Gasteiger partial charge in [0.15, 0.2) is 0 Å². The molecule has 1 aliphatic rings. The molecule has 4 nitrogen and oxygen atoms in total. The standard InChI is InChI=1S/C29H57NO3/c1-2-3-4-5-6-7-8-12-18-27-33-29(28-20-21-28)19-14-13-16-23-30(24-26-32)22-15-10-9-11-17-25-31/h31-32H,2-27H2,1H3.